The number of hydrogen-bond donors (Lipinski definition) is 2. The van der Waals surface area contributed by atoms with Crippen molar-refractivity contribution in [2.45, 2.75) is 39.2 Å². The van der Waals surface area contributed by atoms with Gasteiger partial charge in [0.05, 0.1) is 0 Å². The molecule has 0 saturated heterocycles. The summed E-state index contributed by atoms with van der Waals surface area (Å²) in [5.41, 5.74) is 1.42. The predicted octanol–water partition coefficient (Wildman–Crippen LogP) is 1.21. The van der Waals surface area contributed by atoms with Gasteiger partial charge >= 0.3 is 0 Å². The van der Waals surface area contributed by atoms with Crippen LogP contribution in [0.2, 0.25) is 0 Å². The van der Waals surface area contributed by atoms with Crippen molar-refractivity contribution in [1.29, 1.82) is 0 Å². The van der Waals surface area contributed by atoms with Gasteiger partial charge in [-0.05, 0) is 33.2 Å². The molecular weight excluding hydrogens is 176 g/mol. The topological polar surface area (TPSA) is 41.1 Å². The van der Waals surface area contributed by atoms with Crippen LogP contribution in [0.1, 0.15) is 33.1 Å². The van der Waals surface area contributed by atoms with Crippen LogP contribution in [0.5, 0.6) is 0 Å². The molecule has 3 nitrogen and oxygen atoms in total. The van der Waals surface area contributed by atoms with E-state index in [-0.39, 0.29) is 11.9 Å². The van der Waals surface area contributed by atoms with Crippen LogP contribution in [-0.2, 0) is 4.79 Å². The molecule has 0 fully saturated rings. The maximum Gasteiger partial charge on any atom is 0.220 e. The van der Waals surface area contributed by atoms with Gasteiger partial charge in [-0.3, -0.25) is 4.79 Å². The Labute approximate surface area is 86.0 Å². The molecule has 1 aliphatic rings. The number of rotatable bonds is 4. The minimum absolute atomic E-state index is 0.166. The van der Waals surface area contributed by atoms with Crippen molar-refractivity contribution in [3.63, 3.8) is 0 Å². The maximum atomic E-state index is 11.3. The zero-order valence-electron chi connectivity index (χ0n) is 9.10. The lowest BCUT2D eigenvalue weighted by atomic mass is 10.0. The van der Waals surface area contributed by atoms with Crippen LogP contribution in [0.3, 0.4) is 0 Å². The van der Waals surface area contributed by atoms with E-state index in [0.717, 1.165) is 25.9 Å². The van der Waals surface area contributed by atoms with Gasteiger partial charge in [-0.25, -0.2) is 0 Å². The van der Waals surface area contributed by atoms with E-state index in [4.69, 9.17) is 0 Å². The second-order valence-corrected chi connectivity index (χ2v) is 4.04. The molecule has 0 aromatic rings. The predicted molar refractivity (Wildman–Crippen MR) is 58.1 cm³/mol. The lowest BCUT2D eigenvalue weighted by molar-refractivity contribution is -0.121. The Balaban J connectivity index is 2.19. The van der Waals surface area contributed by atoms with E-state index in [0.29, 0.717) is 6.42 Å². The zero-order valence-corrected chi connectivity index (χ0v) is 9.10. The first kappa shape index (κ1) is 11.2. The van der Waals surface area contributed by atoms with Gasteiger partial charge in [0.25, 0.3) is 0 Å². The van der Waals surface area contributed by atoms with Crippen molar-refractivity contribution < 1.29 is 4.79 Å². The highest BCUT2D eigenvalue weighted by molar-refractivity contribution is 5.76. The summed E-state index contributed by atoms with van der Waals surface area (Å²) in [4.78, 5) is 11.3. The molecule has 0 atom stereocenters. The van der Waals surface area contributed by atoms with Crippen molar-refractivity contribution >= 4 is 5.91 Å². The molecule has 0 aliphatic carbocycles. The summed E-state index contributed by atoms with van der Waals surface area (Å²) in [6, 6.07) is 0.254. The lowest BCUT2D eigenvalue weighted by Gasteiger charge is -2.14. The SMILES string of the molecule is CC(C)NC(=O)CCC1=CCNCC1. The third-order valence-corrected chi connectivity index (χ3v) is 2.28. The molecule has 0 spiro atoms. The maximum absolute atomic E-state index is 11.3. The molecule has 0 saturated carbocycles. The van der Waals surface area contributed by atoms with E-state index >= 15 is 0 Å². The van der Waals surface area contributed by atoms with Crippen LogP contribution in [0.25, 0.3) is 0 Å². The molecule has 0 bridgehead atoms. The van der Waals surface area contributed by atoms with E-state index in [2.05, 4.69) is 16.7 Å². The van der Waals surface area contributed by atoms with E-state index in [1.54, 1.807) is 0 Å². The Kier molecular flexibility index (Phi) is 4.66. The van der Waals surface area contributed by atoms with E-state index in [1.165, 1.54) is 5.57 Å². The number of carbonyl (C=O) groups excluding carboxylic acids is 1. The average molecular weight is 196 g/mol. The quantitative estimate of drug-likeness (QED) is 0.664. The highest BCUT2D eigenvalue weighted by Crippen LogP contribution is 2.11. The summed E-state index contributed by atoms with van der Waals surface area (Å²) >= 11 is 0. The largest absolute Gasteiger partial charge is 0.354 e. The molecule has 1 heterocycles. The fourth-order valence-electron chi connectivity index (χ4n) is 1.56. The number of hydrogen-bond acceptors (Lipinski definition) is 2. The number of carbonyl (C=O) groups is 1. The molecule has 1 aliphatic heterocycles. The van der Waals surface area contributed by atoms with Crippen LogP contribution < -0.4 is 10.6 Å². The Hall–Kier alpha value is -0.830. The van der Waals surface area contributed by atoms with Crippen molar-refractivity contribution in [2.75, 3.05) is 13.1 Å². The fraction of sp³-hybridized carbons (Fsp3) is 0.727. The van der Waals surface area contributed by atoms with Gasteiger partial charge in [-0.1, -0.05) is 11.6 Å². The van der Waals surface area contributed by atoms with E-state index < -0.39 is 0 Å². The van der Waals surface area contributed by atoms with Crippen LogP contribution in [0.15, 0.2) is 11.6 Å². The van der Waals surface area contributed by atoms with Gasteiger partial charge in [0.15, 0.2) is 0 Å². The van der Waals surface area contributed by atoms with E-state index in [1.807, 2.05) is 13.8 Å². The number of nitrogens with one attached hydrogen (secondary N) is 2. The Morgan fingerprint density at radius 2 is 2.43 bits per heavy atom. The molecule has 1 amide bonds. The van der Waals surface area contributed by atoms with Gasteiger partial charge in [0.2, 0.25) is 5.91 Å². The van der Waals surface area contributed by atoms with Gasteiger partial charge in [0.1, 0.15) is 0 Å². The molecule has 0 aromatic carbocycles. The van der Waals surface area contributed by atoms with Gasteiger partial charge in [-0.2, -0.15) is 0 Å². The second-order valence-electron chi connectivity index (χ2n) is 4.04. The van der Waals surface area contributed by atoms with Gasteiger partial charge in [0, 0.05) is 19.0 Å². The van der Waals surface area contributed by atoms with Crippen LogP contribution >= 0.6 is 0 Å². The third-order valence-electron chi connectivity index (χ3n) is 2.28. The molecular formula is C11H20N2O. The molecule has 0 aromatic heterocycles. The summed E-state index contributed by atoms with van der Waals surface area (Å²) in [6.07, 6.45) is 4.84. The second kappa shape index (κ2) is 5.81. The molecule has 0 unspecified atom stereocenters. The summed E-state index contributed by atoms with van der Waals surface area (Å²) < 4.78 is 0. The highest BCUT2D eigenvalue weighted by Gasteiger charge is 2.07. The first-order chi connectivity index (χ1) is 6.68. The molecule has 3 heteroatoms. The lowest BCUT2D eigenvalue weighted by Crippen LogP contribution is -2.30. The van der Waals surface area contributed by atoms with Crippen LogP contribution in [-0.4, -0.2) is 25.0 Å². The van der Waals surface area contributed by atoms with Crippen molar-refractivity contribution in [1.82, 2.24) is 10.6 Å². The molecule has 1 rings (SSSR count). The Morgan fingerprint density at radius 3 is 3.00 bits per heavy atom. The first-order valence-electron chi connectivity index (χ1n) is 5.36. The summed E-state index contributed by atoms with van der Waals surface area (Å²) in [6.45, 7) is 5.99. The molecule has 14 heavy (non-hydrogen) atoms. The Morgan fingerprint density at radius 1 is 1.64 bits per heavy atom. The smallest absolute Gasteiger partial charge is 0.220 e. The van der Waals surface area contributed by atoms with Crippen LogP contribution in [0.4, 0.5) is 0 Å². The standard InChI is InChI=1S/C11H20N2O/c1-9(2)13-11(14)4-3-10-5-7-12-8-6-10/h5,9,12H,3-4,6-8H2,1-2H3,(H,13,14). The van der Waals surface area contributed by atoms with E-state index in [9.17, 15) is 4.79 Å². The van der Waals surface area contributed by atoms with Gasteiger partial charge in [-0.15, -0.1) is 0 Å². The summed E-state index contributed by atoms with van der Waals surface area (Å²) in [5.74, 6) is 0.166. The van der Waals surface area contributed by atoms with Crippen molar-refractivity contribution in [2.24, 2.45) is 0 Å². The molecule has 80 valence electrons. The molecule has 2 N–H and O–H groups in total. The fourth-order valence-corrected chi connectivity index (χ4v) is 1.56. The third kappa shape index (κ3) is 4.42. The zero-order chi connectivity index (χ0) is 10.4. The minimum atomic E-state index is 0.166. The minimum Gasteiger partial charge on any atom is -0.354 e. The number of amides is 1. The van der Waals surface area contributed by atoms with Crippen molar-refractivity contribution in [3.8, 4) is 0 Å². The van der Waals surface area contributed by atoms with Gasteiger partial charge < -0.3 is 10.6 Å². The normalized spacial score (nSPS) is 16.6. The first-order valence-corrected chi connectivity index (χ1v) is 5.36. The van der Waals surface area contributed by atoms with Crippen molar-refractivity contribution in [3.05, 3.63) is 11.6 Å². The molecule has 0 radical (unpaired) electrons. The summed E-state index contributed by atoms with van der Waals surface area (Å²) in [5, 5.41) is 6.16. The summed E-state index contributed by atoms with van der Waals surface area (Å²) in [7, 11) is 0. The highest BCUT2D eigenvalue weighted by atomic mass is 16.1. The monoisotopic (exact) mass is 196 g/mol. The average Bonchev–Trinajstić information content (AvgIpc) is 2.15. The Bertz CT molecular complexity index is 221. The van der Waals surface area contributed by atoms with Crippen LogP contribution in [0, 0.1) is 0 Å².